The Balaban J connectivity index is 1.56. The number of carbonyl (C=O) groups is 1. The zero-order valence-corrected chi connectivity index (χ0v) is 19.6. The van der Waals surface area contributed by atoms with E-state index >= 15 is 0 Å². The maximum atomic E-state index is 12.2. The van der Waals surface area contributed by atoms with E-state index in [1.807, 2.05) is 82.3 Å². The number of nitrogens with one attached hydrogen (secondary N) is 1. The van der Waals surface area contributed by atoms with Crippen molar-refractivity contribution in [3.8, 4) is 22.6 Å². The minimum absolute atomic E-state index is 0.162. The number of carbonyl (C=O) groups excluding carboxylic acids is 1. The summed E-state index contributed by atoms with van der Waals surface area (Å²) in [6, 6.07) is 17.3. The predicted octanol–water partition coefficient (Wildman–Crippen LogP) is 4.69. The van der Waals surface area contributed by atoms with Crippen LogP contribution in [0.4, 0.5) is 16.4 Å². The fraction of sp³-hybridized carbons (Fsp3) is 0.240. The van der Waals surface area contributed by atoms with E-state index in [1.165, 1.54) is 0 Å². The van der Waals surface area contributed by atoms with E-state index in [9.17, 15) is 4.79 Å². The lowest BCUT2D eigenvalue weighted by molar-refractivity contribution is 0.0635. The number of nitrogen functional groups attached to an aromatic ring is 1. The lowest BCUT2D eigenvalue weighted by Gasteiger charge is -2.20. The molecule has 0 radical (unpaired) electrons. The summed E-state index contributed by atoms with van der Waals surface area (Å²) >= 11 is 0. The van der Waals surface area contributed by atoms with Gasteiger partial charge in [-0.05, 0) is 51.5 Å². The van der Waals surface area contributed by atoms with Crippen LogP contribution in [-0.2, 0) is 11.3 Å². The summed E-state index contributed by atoms with van der Waals surface area (Å²) in [5.41, 5.74) is 10.8. The topological polar surface area (TPSA) is 121 Å². The first kappa shape index (κ1) is 22.9. The Kier molecular flexibility index (Phi) is 6.27. The number of nitrogens with zero attached hydrogens (tertiary/aromatic N) is 5. The number of anilines is 2. The fourth-order valence-electron chi connectivity index (χ4n) is 3.41. The van der Waals surface area contributed by atoms with Gasteiger partial charge < -0.3 is 10.5 Å². The number of amides is 1. The van der Waals surface area contributed by atoms with E-state index in [-0.39, 0.29) is 5.95 Å². The minimum atomic E-state index is -0.587. The van der Waals surface area contributed by atoms with Crippen molar-refractivity contribution < 1.29 is 9.53 Å². The lowest BCUT2D eigenvalue weighted by atomic mass is 10.1. The van der Waals surface area contributed by atoms with Crippen molar-refractivity contribution in [3.05, 3.63) is 71.9 Å². The van der Waals surface area contributed by atoms with Crippen LogP contribution in [0.25, 0.3) is 22.6 Å². The second-order valence-electron chi connectivity index (χ2n) is 8.95. The van der Waals surface area contributed by atoms with E-state index in [4.69, 9.17) is 10.5 Å². The molecule has 0 aliphatic heterocycles. The molecule has 174 valence electrons. The van der Waals surface area contributed by atoms with E-state index in [0.29, 0.717) is 29.3 Å². The highest BCUT2D eigenvalue weighted by molar-refractivity contribution is 5.86. The van der Waals surface area contributed by atoms with Crippen LogP contribution in [0.5, 0.6) is 0 Å². The quantitative estimate of drug-likeness (QED) is 0.446. The molecule has 4 rings (SSSR count). The van der Waals surface area contributed by atoms with Gasteiger partial charge in [0.2, 0.25) is 5.95 Å². The maximum absolute atomic E-state index is 12.2. The Bertz CT molecular complexity index is 1320. The highest BCUT2D eigenvalue weighted by atomic mass is 16.6. The molecule has 9 heteroatoms. The fourth-order valence-corrected chi connectivity index (χ4v) is 3.41. The highest BCUT2D eigenvalue weighted by Gasteiger charge is 2.17. The standard InChI is InChI=1S/C25H27N7O2/c1-16-8-7-10-17(12-16)20-13-21(28-23(26)27-20)22-15-32(31-30-22)14-18-9-5-6-11-19(18)29-24(33)34-25(2,3)4/h5-13,15H,14H2,1-4H3,(H,29,33)(H2,26,27,28). The first-order valence-electron chi connectivity index (χ1n) is 10.9. The Morgan fingerprint density at radius 2 is 1.79 bits per heavy atom. The molecular weight excluding hydrogens is 430 g/mol. The molecule has 9 nitrogen and oxygen atoms in total. The van der Waals surface area contributed by atoms with Crippen LogP contribution in [0, 0.1) is 6.92 Å². The van der Waals surface area contributed by atoms with Crippen molar-refractivity contribution in [1.29, 1.82) is 0 Å². The molecule has 3 N–H and O–H groups in total. The third kappa shape index (κ3) is 5.74. The molecule has 0 fully saturated rings. The van der Waals surface area contributed by atoms with Crippen molar-refractivity contribution in [2.24, 2.45) is 0 Å². The largest absolute Gasteiger partial charge is 0.444 e. The number of nitrogens with two attached hydrogens (primary N) is 1. The van der Waals surface area contributed by atoms with Gasteiger partial charge >= 0.3 is 6.09 Å². The van der Waals surface area contributed by atoms with Crippen LogP contribution in [0.1, 0.15) is 31.9 Å². The number of hydrogen-bond donors (Lipinski definition) is 2. The first-order chi connectivity index (χ1) is 16.2. The molecule has 1 amide bonds. The molecule has 0 spiro atoms. The van der Waals surface area contributed by atoms with E-state index in [1.54, 1.807) is 10.9 Å². The van der Waals surface area contributed by atoms with Crippen LogP contribution in [0.2, 0.25) is 0 Å². The van der Waals surface area contributed by atoms with Gasteiger partial charge in [-0.1, -0.05) is 47.2 Å². The molecule has 0 aliphatic carbocycles. The van der Waals surface area contributed by atoms with Crippen molar-refractivity contribution >= 4 is 17.7 Å². The monoisotopic (exact) mass is 457 g/mol. The third-order valence-corrected chi connectivity index (χ3v) is 4.84. The zero-order valence-electron chi connectivity index (χ0n) is 19.6. The average Bonchev–Trinajstić information content (AvgIpc) is 3.22. The zero-order chi connectivity index (χ0) is 24.3. The van der Waals surface area contributed by atoms with Gasteiger partial charge in [0.15, 0.2) is 0 Å². The Morgan fingerprint density at radius 1 is 1.03 bits per heavy atom. The summed E-state index contributed by atoms with van der Waals surface area (Å²) in [6.45, 7) is 7.87. The van der Waals surface area contributed by atoms with E-state index < -0.39 is 11.7 Å². The van der Waals surface area contributed by atoms with Crippen LogP contribution >= 0.6 is 0 Å². The molecule has 4 aromatic rings. The van der Waals surface area contributed by atoms with Gasteiger partial charge in [0, 0.05) is 11.3 Å². The molecule has 0 unspecified atom stereocenters. The van der Waals surface area contributed by atoms with E-state index in [0.717, 1.165) is 16.7 Å². The third-order valence-electron chi connectivity index (χ3n) is 4.84. The number of aromatic nitrogens is 5. The van der Waals surface area contributed by atoms with Gasteiger partial charge in [0.05, 0.1) is 24.1 Å². The number of aryl methyl sites for hydroxylation is 1. The number of para-hydroxylation sites is 1. The van der Waals surface area contributed by atoms with Gasteiger partial charge in [-0.25, -0.2) is 19.4 Å². The molecule has 0 atom stereocenters. The van der Waals surface area contributed by atoms with Crippen molar-refractivity contribution in [2.75, 3.05) is 11.1 Å². The molecule has 0 saturated carbocycles. The SMILES string of the molecule is Cc1cccc(-c2cc(-c3cn(Cc4ccccc4NC(=O)OC(C)(C)C)nn3)nc(N)n2)c1. The smallest absolute Gasteiger partial charge is 0.412 e. The second kappa shape index (κ2) is 9.30. The number of hydrogen-bond acceptors (Lipinski definition) is 7. The molecule has 0 bridgehead atoms. The van der Waals surface area contributed by atoms with Crippen molar-refractivity contribution in [3.63, 3.8) is 0 Å². The summed E-state index contributed by atoms with van der Waals surface area (Å²) < 4.78 is 7.04. The van der Waals surface area contributed by atoms with Gasteiger partial charge in [-0.2, -0.15) is 0 Å². The Morgan fingerprint density at radius 3 is 2.56 bits per heavy atom. The van der Waals surface area contributed by atoms with Crippen LogP contribution < -0.4 is 11.1 Å². The number of benzene rings is 2. The van der Waals surface area contributed by atoms with Gasteiger partial charge in [0.1, 0.15) is 11.3 Å². The molecule has 2 aromatic carbocycles. The van der Waals surface area contributed by atoms with Crippen LogP contribution in [0.3, 0.4) is 0 Å². The molecule has 0 saturated heterocycles. The molecule has 0 aliphatic rings. The first-order valence-corrected chi connectivity index (χ1v) is 10.9. The summed E-state index contributed by atoms with van der Waals surface area (Å²) in [4.78, 5) is 20.9. The van der Waals surface area contributed by atoms with Crippen molar-refractivity contribution in [2.45, 2.75) is 39.8 Å². The molecule has 2 aromatic heterocycles. The summed E-state index contributed by atoms with van der Waals surface area (Å²) in [5.74, 6) is 0.162. The maximum Gasteiger partial charge on any atom is 0.412 e. The second-order valence-corrected chi connectivity index (χ2v) is 8.95. The van der Waals surface area contributed by atoms with Gasteiger partial charge in [0.25, 0.3) is 0 Å². The van der Waals surface area contributed by atoms with E-state index in [2.05, 4.69) is 25.6 Å². The Hall–Kier alpha value is -4.27. The molecule has 34 heavy (non-hydrogen) atoms. The molecular formula is C25H27N7O2. The summed E-state index contributed by atoms with van der Waals surface area (Å²) in [5, 5.41) is 11.3. The van der Waals surface area contributed by atoms with Crippen LogP contribution in [-0.4, -0.2) is 36.7 Å². The normalized spacial score (nSPS) is 11.3. The minimum Gasteiger partial charge on any atom is -0.444 e. The predicted molar refractivity (Wildman–Crippen MR) is 131 cm³/mol. The molecule has 2 heterocycles. The van der Waals surface area contributed by atoms with Gasteiger partial charge in [-0.15, -0.1) is 5.10 Å². The summed E-state index contributed by atoms with van der Waals surface area (Å²) in [7, 11) is 0. The number of rotatable bonds is 5. The van der Waals surface area contributed by atoms with Crippen LogP contribution in [0.15, 0.2) is 60.8 Å². The number of ether oxygens (including phenoxy) is 1. The Labute approximate surface area is 198 Å². The summed E-state index contributed by atoms with van der Waals surface area (Å²) in [6.07, 6.45) is 1.27. The van der Waals surface area contributed by atoms with Gasteiger partial charge in [-0.3, -0.25) is 5.32 Å². The lowest BCUT2D eigenvalue weighted by Crippen LogP contribution is -2.27. The average molecular weight is 458 g/mol. The highest BCUT2D eigenvalue weighted by Crippen LogP contribution is 2.24. The van der Waals surface area contributed by atoms with Crippen molar-refractivity contribution in [1.82, 2.24) is 25.0 Å².